The second kappa shape index (κ2) is 3.08. The number of anilines is 1. The van der Waals surface area contributed by atoms with E-state index in [1.165, 1.54) is 22.6 Å². The van der Waals surface area contributed by atoms with Crippen LogP contribution in [0.2, 0.25) is 0 Å². The van der Waals surface area contributed by atoms with Crippen molar-refractivity contribution in [1.29, 1.82) is 0 Å². The van der Waals surface area contributed by atoms with Crippen molar-refractivity contribution in [2.75, 3.05) is 5.73 Å². The Balaban J connectivity index is 3.60. The lowest BCUT2D eigenvalue weighted by Crippen LogP contribution is -2.05. The Hall–Kier alpha value is -0.530. The summed E-state index contributed by atoms with van der Waals surface area (Å²) in [5.41, 5.74) is 4.21. The van der Waals surface area contributed by atoms with Gasteiger partial charge in [-0.1, -0.05) is 0 Å². The quantitative estimate of drug-likeness (QED) is 0.257. The van der Waals surface area contributed by atoms with E-state index >= 15 is 0 Å². The molecule has 1 rings (SSSR count). The van der Waals surface area contributed by atoms with Crippen LogP contribution in [0.1, 0.15) is 0 Å². The third-order valence-corrected chi connectivity index (χ3v) is 2.30. The van der Waals surface area contributed by atoms with Gasteiger partial charge in [-0.2, -0.15) is 0 Å². The summed E-state index contributed by atoms with van der Waals surface area (Å²) in [6, 6.07) is 0. The third-order valence-electron chi connectivity index (χ3n) is 1.24. The highest BCUT2D eigenvalue weighted by Gasteiger charge is 2.21. The second-order valence-electron chi connectivity index (χ2n) is 1.98. The monoisotopic (exact) mass is 291 g/mol. The molecule has 66 valence electrons. The summed E-state index contributed by atoms with van der Waals surface area (Å²) in [5, 5.41) is 0. The lowest BCUT2D eigenvalue weighted by molar-refractivity contribution is 0.408. The minimum atomic E-state index is -1.88. The Morgan fingerprint density at radius 3 is 1.75 bits per heavy atom. The first-order valence-electron chi connectivity index (χ1n) is 2.73. The SMILES string of the molecule is Nc1c(F)c(F)c(F)c(F)c1I. The largest absolute Gasteiger partial charge is 0.395 e. The van der Waals surface area contributed by atoms with Gasteiger partial charge in [-0.05, 0) is 22.6 Å². The van der Waals surface area contributed by atoms with Gasteiger partial charge in [0, 0.05) is 0 Å². The molecule has 0 fully saturated rings. The maximum atomic E-state index is 12.6. The highest BCUT2D eigenvalue weighted by molar-refractivity contribution is 14.1. The van der Waals surface area contributed by atoms with Gasteiger partial charge in [0.2, 0.25) is 0 Å². The number of halogens is 5. The molecule has 0 aliphatic carbocycles. The number of hydrogen-bond acceptors (Lipinski definition) is 1. The molecule has 0 saturated carbocycles. The number of rotatable bonds is 0. The molecule has 0 spiro atoms. The van der Waals surface area contributed by atoms with E-state index in [0.29, 0.717) is 0 Å². The molecule has 0 bridgehead atoms. The van der Waals surface area contributed by atoms with Crippen LogP contribution in [-0.2, 0) is 0 Å². The van der Waals surface area contributed by atoms with Gasteiger partial charge in [-0.25, -0.2) is 17.6 Å². The fourth-order valence-corrected chi connectivity index (χ4v) is 1.10. The Kier molecular flexibility index (Phi) is 2.45. The van der Waals surface area contributed by atoms with Crippen molar-refractivity contribution in [2.24, 2.45) is 0 Å². The Morgan fingerprint density at radius 1 is 0.833 bits per heavy atom. The van der Waals surface area contributed by atoms with Crippen LogP contribution in [0, 0.1) is 26.8 Å². The molecule has 0 aliphatic heterocycles. The molecule has 1 aromatic rings. The van der Waals surface area contributed by atoms with E-state index in [4.69, 9.17) is 5.73 Å². The van der Waals surface area contributed by atoms with Gasteiger partial charge in [-0.15, -0.1) is 0 Å². The molecule has 1 aromatic carbocycles. The molecule has 0 heterocycles. The predicted octanol–water partition coefficient (Wildman–Crippen LogP) is 2.43. The van der Waals surface area contributed by atoms with E-state index < -0.39 is 32.5 Å². The Morgan fingerprint density at radius 2 is 1.25 bits per heavy atom. The summed E-state index contributed by atoms with van der Waals surface area (Å²) in [6.45, 7) is 0. The Labute approximate surface area is 78.7 Å². The number of nitrogens with two attached hydrogens (primary N) is 1. The predicted molar refractivity (Wildman–Crippen MR) is 43.4 cm³/mol. The van der Waals surface area contributed by atoms with Gasteiger partial charge in [0.25, 0.3) is 0 Å². The van der Waals surface area contributed by atoms with Crippen LogP contribution in [0.25, 0.3) is 0 Å². The summed E-state index contributed by atoms with van der Waals surface area (Å²) in [4.78, 5) is 0. The molecule has 1 nitrogen and oxygen atoms in total. The molecule has 0 aromatic heterocycles. The first-order valence-corrected chi connectivity index (χ1v) is 3.81. The smallest absolute Gasteiger partial charge is 0.199 e. The fourth-order valence-electron chi connectivity index (χ4n) is 0.622. The van der Waals surface area contributed by atoms with E-state index in [9.17, 15) is 17.6 Å². The van der Waals surface area contributed by atoms with Gasteiger partial charge < -0.3 is 5.73 Å². The first-order chi connectivity index (χ1) is 5.46. The molecule has 12 heavy (non-hydrogen) atoms. The summed E-state index contributed by atoms with van der Waals surface area (Å²) in [5.74, 6) is -6.75. The molecular formula is C6H2F4IN. The summed E-state index contributed by atoms with van der Waals surface area (Å²) in [7, 11) is 0. The van der Waals surface area contributed by atoms with Crippen molar-refractivity contribution < 1.29 is 17.6 Å². The van der Waals surface area contributed by atoms with Crippen LogP contribution in [0.15, 0.2) is 0 Å². The van der Waals surface area contributed by atoms with Gasteiger partial charge in [0.1, 0.15) is 0 Å². The maximum absolute atomic E-state index is 12.6. The zero-order valence-electron chi connectivity index (χ0n) is 5.47. The third kappa shape index (κ3) is 1.23. The lowest BCUT2D eigenvalue weighted by Gasteiger charge is -2.03. The summed E-state index contributed by atoms with van der Waals surface area (Å²) >= 11 is 1.29. The standard InChI is InChI=1S/C6H2F4IN/c7-1-2(8)4(10)6(12)5(11)3(1)9/h12H2. The number of nitrogen functional groups attached to an aromatic ring is 1. The normalized spacial score (nSPS) is 10.4. The van der Waals surface area contributed by atoms with Crippen LogP contribution in [-0.4, -0.2) is 0 Å². The van der Waals surface area contributed by atoms with Crippen molar-refractivity contribution in [3.63, 3.8) is 0 Å². The zero-order chi connectivity index (χ0) is 9.46. The molecule has 0 saturated heterocycles. The van der Waals surface area contributed by atoms with Crippen LogP contribution in [0.4, 0.5) is 23.2 Å². The van der Waals surface area contributed by atoms with Crippen molar-refractivity contribution in [3.8, 4) is 0 Å². The van der Waals surface area contributed by atoms with Crippen LogP contribution >= 0.6 is 22.6 Å². The summed E-state index contributed by atoms with van der Waals surface area (Å²) in [6.07, 6.45) is 0. The molecule has 0 unspecified atom stereocenters. The van der Waals surface area contributed by atoms with Gasteiger partial charge in [0.05, 0.1) is 9.26 Å². The molecule has 0 radical (unpaired) electrons. The van der Waals surface area contributed by atoms with E-state index in [0.717, 1.165) is 0 Å². The first kappa shape index (κ1) is 9.56. The van der Waals surface area contributed by atoms with Crippen molar-refractivity contribution in [2.45, 2.75) is 0 Å². The number of hydrogen-bond donors (Lipinski definition) is 1. The second-order valence-corrected chi connectivity index (χ2v) is 3.06. The molecule has 0 aliphatic rings. The minimum absolute atomic E-state index is 0.455. The Bertz CT molecular complexity index is 234. The maximum Gasteiger partial charge on any atom is 0.199 e. The van der Waals surface area contributed by atoms with Crippen molar-refractivity contribution >= 4 is 28.3 Å². The van der Waals surface area contributed by atoms with Crippen LogP contribution in [0.3, 0.4) is 0 Å². The van der Waals surface area contributed by atoms with Gasteiger partial charge in [-0.3, -0.25) is 0 Å². The highest BCUT2D eigenvalue weighted by Crippen LogP contribution is 2.26. The van der Waals surface area contributed by atoms with Gasteiger partial charge >= 0.3 is 0 Å². The topological polar surface area (TPSA) is 26.0 Å². The van der Waals surface area contributed by atoms with E-state index in [2.05, 4.69) is 0 Å². The van der Waals surface area contributed by atoms with E-state index in [1.807, 2.05) is 0 Å². The van der Waals surface area contributed by atoms with Crippen molar-refractivity contribution in [1.82, 2.24) is 0 Å². The minimum Gasteiger partial charge on any atom is -0.395 e. The molecule has 6 heteroatoms. The molecular weight excluding hydrogens is 289 g/mol. The number of benzene rings is 1. The average Bonchev–Trinajstić information content (AvgIpc) is 2.08. The average molecular weight is 291 g/mol. The highest BCUT2D eigenvalue weighted by atomic mass is 127. The van der Waals surface area contributed by atoms with E-state index in [1.54, 1.807) is 0 Å². The van der Waals surface area contributed by atoms with E-state index in [-0.39, 0.29) is 0 Å². The fraction of sp³-hybridized carbons (Fsp3) is 0. The van der Waals surface area contributed by atoms with Crippen LogP contribution in [0.5, 0.6) is 0 Å². The lowest BCUT2D eigenvalue weighted by atomic mass is 10.3. The van der Waals surface area contributed by atoms with Crippen LogP contribution < -0.4 is 5.73 Å². The molecule has 2 N–H and O–H groups in total. The molecule has 0 atom stereocenters. The zero-order valence-corrected chi connectivity index (χ0v) is 7.62. The summed E-state index contributed by atoms with van der Waals surface area (Å²) < 4.78 is 49.4. The molecule has 0 amide bonds. The van der Waals surface area contributed by atoms with Gasteiger partial charge in [0.15, 0.2) is 23.3 Å². The van der Waals surface area contributed by atoms with Crippen molar-refractivity contribution in [3.05, 3.63) is 26.8 Å².